The normalized spacial score (nSPS) is 11.3. The van der Waals surface area contributed by atoms with E-state index >= 15 is 0 Å². The third kappa shape index (κ3) is 6.73. The molecule has 0 radical (unpaired) electrons. The van der Waals surface area contributed by atoms with Crippen molar-refractivity contribution >= 4 is 33.6 Å². The second-order valence-corrected chi connectivity index (χ2v) is 8.63. The monoisotopic (exact) mass is 510 g/mol. The van der Waals surface area contributed by atoms with Crippen LogP contribution in [0.5, 0.6) is 5.75 Å². The summed E-state index contributed by atoms with van der Waals surface area (Å²) in [5.74, 6) is 0.167. The molecule has 1 amide bonds. The van der Waals surface area contributed by atoms with Gasteiger partial charge in [-0.2, -0.15) is 0 Å². The number of nitrogens with zero attached hydrogens (tertiary/aromatic N) is 1. The van der Waals surface area contributed by atoms with Crippen molar-refractivity contribution in [2.24, 2.45) is 0 Å². The van der Waals surface area contributed by atoms with Gasteiger partial charge in [0.25, 0.3) is 5.91 Å². The summed E-state index contributed by atoms with van der Waals surface area (Å²) in [5, 5.41) is 2.60. The molecule has 0 fully saturated rings. The summed E-state index contributed by atoms with van der Waals surface area (Å²) < 4.78 is 42.3. The maximum atomic E-state index is 12.6. The predicted molar refractivity (Wildman–Crippen MR) is 118 cm³/mol. The van der Waals surface area contributed by atoms with Crippen molar-refractivity contribution in [3.05, 3.63) is 76.4 Å². The lowest BCUT2D eigenvalue weighted by atomic mass is 10.1. The number of hydrogen-bond acceptors (Lipinski definition) is 4. The first-order valence-corrected chi connectivity index (χ1v) is 11.0. The molecule has 3 aromatic rings. The first-order chi connectivity index (χ1) is 14.7. The molecule has 9 heteroatoms. The minimum Gasteiger partial charge on any atom is -0.405 e. The number of thioether (sulfide) groups is 1. The van der Waals surface area contributed by atoms with Gasteiger partial charge < -0.3 is 10.1 Å². The molecule has 31 heavy (non-hydrogen) atoms. The fraction of sp³-hybridized carbons (Fsp3) is 0.182. The van der Waals surface area contributed by atoms with Crippen LogP contribution in [0.3, 0.4) is 0 Å². The number of amides is 1. The molecule has 0 bridgehead atoms. The van der Waals surface area contributed by atoms with Gasteiger partial charge in [-0.15, -0.1) is 24.9 Å². The van der Waals surface area contributed by atoms with Crippen LogP contribution in [0, 0.1) is 0 Å². The Hall–Kier alpha value is -2.52. The molecule has 0 atom stereocenters. The average molecular weight is 511 g/mol. The van der Waals surface area contributed by atoms with Crippen LogP contribution in [-0.2, 0) is 6.54 Å². The van der Waals surface area contributed by atoms with Gasteiger partial charge in [-0.25, -0.2) is 0 Å². The lowest BCUT2D eigenvalue weighted by molar-refractivity contribution is -0.274. The van der Waals surface area contributed by atoms with Crippen LogP contribution < -0.4 is 10.1 Å². The highest BCUT2D eigenvalue weighted by molar-refractivity contribution is 9.10. The van der Waals surface area contributed by atoms with Crippen LogP contribution in [0.15, 0.2) is 70.2 Å². The number of rotatable bonds is 7. The van der Waals surface area contributed by atoms with Gasteiger partial charge in [-0.3, -0.25) is 9.78 Å². The van der Waals surface area contributed by atoms with Crippen LogP contribution in [0.1, 0.15) is 22.8 Å². The number of halogens is 4. The van der Waals surface area contributed by atoms with E-state index in [0.717, 1.165) is 17.0 Å². The zero-order valence-electron chi connectivity index (χ0n) is 16.4. The highest BCUT2D eigenvalue weighted by Gasteiger charge is 2.32. The Morgan fingerprint density at radius 2 is 1.87 bits per heavy atom. The smallest absolute Gasteiger partial charge is 0.405 e. The lowest BCUT2D eigenvalue weighted by Crippen LogP contribution is -2.24. The standard InChI is InChI=1S/C22H18BrF3N2O2S/c1-2-31-18-8-4-14(5-9-18)19-10-6-16(13-27-19)21(29)28-12-15-3-7-17(23)11-20(15)30-22(24,25)26/h3-11,13H,2,12H2,1H3,(H,28,29). The first-order valence-electron chi connectivity index (χ1n) is 9.27. The second-order valence-electron chi connectivity index (χ2n) is 6.37. The Morgan fingerprint density at radius 3 is 2.48 bits per heavy atom. The summed E-state index contributed by atoms with van der Waals surface area (Å²) in [6.07, 6.45) is -3.39. The quantitative estimate of drug-likeness (QED) is 0.371. The van der Waals surface area contributed by atoms with Crippen LogP contribution >= 0.6 is 27.7 Å². The summed E-state index contributed by atoms with van der Waals surface area (Å²) in [5.41, 5.74) is 2.15. The van der Waals surface area contributed by atoms with E-state index in [-0.39, 0.29) is 17.9 Å². The van der Waals surface area contributed by atoms with Gasteiger partial charge in [0.1, 0.15) is 5.75 Å². The maximum Gasteiger partial charge on any atom is 0.573 e. The van der Waals surface area contributed by atoms with E-state index in [2.05, 4.69) is 37.9 Å². The Kier molecular flexibility index (Phi) is 7.61. The van der Waals surface area contributed by atoms with Crippen LogP contribution in [-0.4, -0.2) is 23.0 Å². The van der Waals surface area contributed by atoms with Gasteiger partial charge in [0.2, 0.25) is 0 Å². The fourth-order valence-electron chi connectivity index (χ4n) is 2.76. The Balaban J connectivity index is 1.66. The molecular weight excluding hydrogens is 493 g/mol. The van der Waals surface area contributed by atoms with E-state index in [4.69, 9.17) is 0 Å². The molecule has 162 valence electrons. The number of carbonyl (C=O) groups excluding carboxylic acids is 1. The van der Waals surface area contributed by atoms with Crippen molar-refractivity contribution in [3.63, 3.8) is 0 Å². The molecule has 0 unspecified atom stereocenters. The number of benzene rings is 2. The molecule has 1 N–H and O–H groups in total. The Morgan fingerprint density at radius 1 is 1.13 bits per heavy atom. The third-order valence-electron chi connectivity index (χ3n) is 4.18. The average Bonchev–Trinajstić information content (AvgIpc) is 2.73. The van der Waals surface area contributed by atoms with E-state index in [1.807, 2.05) is 24.3 Å². The number of nitrogens with one attached hydrogen (secondary N) is 1. The molecule has 4 nitrogen and oxygen atoms in total. The maximum absolute atomic E-state index is 12.6. The van der Waals surface area contributed by atoms with E-state index < -0.39 is 12.3 Å². The highest BCUT2D eigenvalue weighted by Crippen LogP contribution is 2.29. The Labute approximate surface area is 190 Å². The number of pyridine rings is 1. The topological polar surface area (TPSA) is 51.2 Å². The van der Waals surface area contributed by atoms with Crippen molar-refractivity contribution in [2.75, 3.05) is 5.75 Å². The molecular formula is C22H18BrF3N2O2S. The molecule has 0 saturated carbocycles. The van der Waals surface area contributed by atoms with Gasteiger partial charge in [-0.1, -0.05) is 41.1 Å². The predicted octanol–water partition coefficient (Wildman–Crippen LogP) is 6.45. The summed E-state index contributed by atoms with van der Waals surface area (Å²) in [4.78, 5) is 17.9. The number of carbonyl (C=O) groups is 1. The van der Waals surface area contributed by atoms with Crippen molar-refractivity contribution in [2.45, 2.75) is 24.7 Å². The van der Waals surface area contributed by atoms with Crippen molar-refractivity contribution in [3.8, 4) is 17.0 Å². The van der Waals surface area contributed by atoms with Crippen molar-refractivity contribution < 1.29 is 22.7 Å². The fourth-order valence-corrected chi connectivity index (χ4v) is 3.76. The summed E-state index contributed by atoms with van der Waals surface area (Å²) in [6, 6.07) is 15.6. The molecule has 2 aromatic carbocycles. The zero-order valence-corrected chi connectivity index (χ0v) is 18.8. The SMILES string of the molecule is CCSc1ccc(-c2ccc(C(=O)NCc3ccc(Br)cc3OC(F)(F)F)cn2)cc1. The van der Waals surface area contributed by atoms with Crippen molar-refractivity contribution in [1.29, 1.82) is 0 Å². The zero-order chi connectivity index (χ0) is 22.4. The van der Waals surface area contributed by atoms with Gasteiger partial charge in [0, 0.05) is 33.2 Å². The number of ether oxygens (including phenoxy) is 1. The molecule has 0 aliphatic carbocycles. The molecule has 0 aliphatic rings. The van der Waals surface area contributed by atoms with Gasteiger partial charge in [0.15, 0.2) is 0 Å². The summed E-state index contributed by atoms with van der Waals surface area (Å²) >= 11 is 4.86. The minimum atomic E-state index is -4.83. The van der Waals surface area contributed by atoms with Gasteiger partial charge >= 0.3 is 6.36 Å². The number of aromatic nitrogens is 1. The van der Waals surface area contributed by atoms with Crippen LogP contribution in [0.2, 0.25) is 0 Å². The number of alkyl halides is 3. The molecule has 3 rings (SSSR count). The molecule has 0 spiro atoms. The highest BCUT2D eigenvalue weighted by atomic mass is 79.9. The van der Waals surface area contributed by atoms with E-state index in [1.165, 1.54) is 23.2 Å². The number of hydrogen-bond donors (Lipinski definition) is 1. The van der Waals surface area contributed by atoms with Crippen molar-refractivity contribution in [1.82, 2.24) is 10.3 Å². The minimum absolute atomic E-state index is 0.129. The van der Waals surface area contributed by atoms with Crippen LogP contribution in [0.4, 0.5) is 13.2 Å². The lowest BCUT2D eigenvalue weighted by Gasteiger charge is -2.14. The first kappa shape index (κ1) is 23.1. The third-order valence-corrected chi connectivity index (χ3v) is 5.57. The van der Waals surface area contributed by atoms with E-state index in [0.29, 0.717) is 10.0 Å². The van der Waals surface area contributed by atoms with Gasteiger partial charge in [0.05, 0.1) is 11.3 Å². The van der Waals surface area contributed by atoms with Crippen LogP contribution in [0.25, 0.3) is 11.3 Å². The molecule has 1 heterocycles. The Bertz CT molecular complexity index is 1040. The summed E-state index contributed by atoms with van der Waals surface area (Å²) in [6.45, 7) is 1.96. The van der Waals surface area contributed by atoms with E-state index in [9.17, 15) is 18.0 Å². The van der Waals surface area contributed by atoms with Gasteiger partial charge in [-0.05, 0) is 42.2 Å². The molecule has 0 aliphatic heterocycles. The molecule has 0 saturated heterocycles. The summed E-state index contributed by atoms with van der Waals surface area (Å²) in [7, 11) is 0. The second kappa shape index (κ2) is 10.2. The van der Waals surface area contributed by atoms with E-state index in [1.54, 1.807) is 30.0 Å². The largest absolute Gasteiger partial charge is 0.573 e. The molecule has 1 aromatic heterocycles.